The van der Waals surface area contributed by atoms with Crippen LogP contribution in [0.5, 0.6) is 5.75 Å². The summed E-state index contributed by atoms with van der Waals surface area (Å²) in [6.45, 7) is 1.70. The summed E-state index contributed by atoms with van der Waals surface area (Å²) in [4.78, 5) is 2.09. The largest absolute Gasteiger partial charge is 0.489 e. The van der Waals surface area contributed by atoms with Crippen molar-refractivity contribution >= 4 is 23.2 Å². The van der Waals surface area contributed by atoms with Crippen molar-refractivity contribution in [3.8, 4) is 5.75 Å². The highest BCUT2D eigenvalue weighted by Gasteiger charge is 2.25. The van der Waals surface area contributed by atoms with Gasteiger partial charge in [-0.15, -0.1) is 0 Å². The first-order chi connectivity index (χ1) is 9.60. The molecule has 20 heavy (non-hydrogen) atoms. The summed E-state index contributed by atoms with van der Waals surface area (Å²) in [5.74, 6) is 0.509. The molecule has 1 aromatic rings. The molecule has 0 amide bonds. The van der Waals surface area contributed by atoms with E-state index in [1.54, 1.807) is 18.2 Å². The van der Waals surface area contributed by atoms with Gasteiger partial charge in [-0.2, -0.15) is 0 Å². The van der Waals surface area contributed by atoms with Crippen LogP contribution >= 0.6 is 23.2 Å². The zero-order chi connectivity index (χ0) is 14.5. The number of benzene rings is 1. The fraction of sp³-hybridized carbons (Fsp3) is 0.571. The smallest absolute Gasteiger partial charge is 0.138 e. The molecule has 0 bridgehead atoms. The van der Waals surface area contributed by atoms with Crippen LogP contribution in [-0.2, 0) is 0 Å². The van der Waals surface area contributed by atoms with E-state index in [1.165, 1.54) is 0 Å². The lowest BCUT2D eigenvalue weighted by atomic mass is 10.2. The fourth-order valence-electron chi connectivity index (χ4n) is 2.44. The zero-order valence-electron chi connectivity index (χ0n) is 11.1. The van der Waals surface area contributed by atoms with E-state index in [4.69, 9.17) is 27.9 Å². The maximum absolute atomic E-state index is 10.0. The molecule has 0 saturated carbocycles. The quantitative estimate of drug-likeness (QED) is 0.844. The topological polar surface area (TPSA) is 52.9 Å². The maximum Gasteiger partial charge on any atom is 0.138 e. The summed E-state index contributed by atoms with van der Waals surface area (Å²) in [5.41, 5.74) is 0. The van der Waals surface area contributed by atoms with Crippen LogP contribution in [0.1, 0.15) is 12.8 Å². The fourth-order valence-corrected chi connectivity index (χ4v) is 2.91. The van der Waals surface area contributed by atoms with Gasteiger partial charge in [-0.3, -0.25) is 4.90 Å². The molecule has 2 rings (SSSR count). The number of halogens is 2. The van der Waals surface area contributed by atoms with Gasteiger partial charge in [0.05, 0.1) is 11.6 Å². The molecule has 1 aliphatic rings. The van der Waals surface area contributed by atoms with Crippen molar-refractivity contribution in [2.75, 3.05) is 26.3 Å². The average Bonchev–Trinajstić information content (AvgIpc) is 2.85. The highest BCUT2D eigenvalue weighted by atomic mass is 35.5. The third-order valence-corrected chi connectivity index (χ3v) is 4.01. The van der Waals surface area contributed by atoms with Gasteiger partial charge < -0.3 is 14.9 Å². The molecule has 1 saturated heterocycles. The van der Waals surface area contributed by atoms with Crippen LogP contribution in [0.4, 0.5) is 0 Å². The van der Waals surface area contributed by atoms with Gasteiger partial charge in [-0.05, 0) is 37.6 Å². The van der Waals surface area contributed by atoms with E-state index in [-0.39, 0.29) is 19.3 Å². The number of nitrogens with zero attached hydrogens (tertiary/aromatic N) is 1. The number of β-amino-alcohol motifs (C(OH)–C–C–N with tert-alkyl or cyclic N) is 1. The lowest BCUT2D eigenvalue weighted by molar-refractivity contribution is 0.0533. The maximum atomic E-state index is 10.0. The molecule has 0 spiro atoms. The minimum Gasteiger partial charge on any atom is -0.489 e. The molecule has 1 unspecified atom stereocenters. The molecule has 6 heteroatoms. The van der Waals surface area contributed by atoms with Crippen molar-refractivity contribution in [1.29, 1.82) is 0 Å². The Morgan fingerprint density at radius 3 is 2.90 bits per heavy atom. The number of likely N-dealkylation sites (tertiary alicyclic amines) is 1. The molecule has 1 aliphatic heterocycles. The Kier molecular flexibility index (Phi) is 5.93. The third-order valence-electron chi connectivity index (χ3n) is 3.48. The van der Waals surface area contributed by atoms with E-state index in [1.807, 2.05) is 0 Å². The van der Waals surface area contributed by atoms with Gasteiger partial charge >= 0.3 is 0 Å². The molecular formula is C14H19Cl2NO3. The van der Waals surface area contributed by atoms with Crippen LogP contribution in [0.25, 0.3) is 0 Å². The van der Waals surface area contributed by atoms with Crippen molar-refractivity contribution in [2.24, 2.45) is 0 Å². The van der Waals surface area contributed by atoms with Crippen molar-refractivity contribution < 1.29 is 14.9 Å². The molecule has 1 aromatic carbocycles. The van der Waals surface area contributed by atoms with Crippen molar-refractivity contribution in [1.82, 2.24) is 4.90 Å². The number of aliphatic hydroxyl groups excluding tert-OH is 2. The van der Waals surface area contributed by atoms with Crippen LogP contribution in [0, 0.1) is 0 Å². The number of hydrogen-bond donors (Lipinski definition) is 2. The van der Waals surface area contributed by atoms with Gasteiger partial charge in [0.2, 0.25) is 0 Å². The van der Waals surface area contributed by atoms with Gasteiger partial charge in [0.1, 0.15) is 18.5 Å². The summed E-state index contributed by atoms with van der Waals surface area (Å²) in [6.07, 6.45) is 1.42. The molecule has 0 aliphatic carbocycles. The van der Waals surface area contributed by atoms with Crippen molar-refractivity contribution in [3.05, 3.63) is 28.2 Å². The monoisotopic (exact) mass is 319 g/mol. The molecule has 2 atom stereocenters. The number of ether oxygens (including phenoxy) is 1. The Balaban J connectivity index is 1.81. The first-order valence-electron chi connectivity index (χ1n) is 6.71. The lowest BCUT2D eigenvalue weighted by Gasteiger charge is -2.25. The molecular weight excluding hydrogens is 301 g/mol. The molecule has 1 heterocycles. The number of aliphatic hydroxyl groups is 2. The van der Waals surface area contributed by atoms with Gasteiger partial charge in [-0.25, -0.2) is 0 Å². The second kappa shape index (κ2) is 7.48. The molecule has 1 fully saturated rings. The van der Waals surface area contributed by atoms with E-state index in [9.17, 15) is 10.2 Å². The molecule has 0 aromatic heterocycles. The average molecular weight is 320 g/mol. The standard InChI is InChI=1S/C14H19Cl2NO3/c15-10-3-4-14(13(16)6-10)20-9-12(19)7-17-5-1-2-11(17)8-18/h3-4,6,11-12,18-19H,1-2,5,7-9H2/t11-,12?/m1/s1. The lowest BCUT2D eigenvalue weighted by Crippen LogP contribution is -2.40. The summed E-state index contributed by atoms with van der Waals surface area (Å²) in [5, 5.41) is 20.2. The normalized spacial score (nSPS) is 21.1. The highest BCUT2D eigenvalue weighted by molar-refractivity contribution is 6.35. The summed E-state index contributed by atoms with van der Waals surface area (Å²) >= 11 is 11.8. The Hall–Kier alpha value is -0.520. The predicted octanol–water partition coefficient (Wildman–Crippen LogP) is 2.19. The Labute approximate surface area is 128 Å². The first kappa shape index (κ1) is 15.9. The Morgan fingerprint density at radius 2 is 2.20 bits per heavy atom. The van der Waals surface area contributed by atoms with Gasteiger partial charge in [0, 0.05) is 17.6 Å². The summed E-state index contributed by atoms with van der Waals surface area (Å²) in [7, 11) is 0. The molecule has 112 valence electrons. The van der Waals surface area contributed by atoms with Gasteiger partial charge in [0.25, 0.3) is 0 Å². The summed E-state index contributed by atoms with van der Waals surface area (Å²) in [6, 6.07) is 5.14. The number of rotatable bonds is 6. The SMILES string of the molecule is OC[C@H]1CCCN1CC(O)COc1ccc(Cl)cc1Cl. The molecule has 0 radical (unpaired) electrons. The van der Waals surface area contributed by atoms with Crippen LogP contribution in [0.3, 0.4) is 0 Å². The van der Waals surface area contributed by atoms with Crippen LogP contribution in [-0.4, -0.2) is 53.6 Å². The minimum absolute atomic E-state index is 0.136. The first-order valence-corrected chi connectivity index (χ1v) is 7.46. The molecule has 2 N–H and O–H groups in total. The summed E-state index contributed by atoms with van der Waals surface area (Å²) < 4.78 is 5.50. The Bertz CT molecular complexity index is 444. The second-order valence-electron chi connectivity index (χ2n) is 5.01. The van der Waals surface area contributed by atoms with E-state index in [0.29, 0.717) is 22.3 Å². The van der Waals surface area contributed by atoms with Gasteiger partial charge in [0.15, 0.2) is 0 Å². The van der Waals surface area contributed by atoms with Crippen LogP contribution < -0.4 is 4.74 Å². The third kappa shape index (κ3) is 4.24. The van der Waals surface area contributed by atoms with Gasteiger partial charge in [-0.1, -0.05) is 23.2 Å². The zero-order valence-corrected chi connectivity index (χ0v) is 12.6. The highest BCUT2D eigenvalue weighted by Crippen LogP contribution is 2.27. The Morgan fingerprint density at radius 1 is 1.40 bits per heavy atom. The molecule has 4 nitrogen and oxygen atoms in total. The van der Waals surface area contributed by atoms with E-state index in [2.05, 4.69) is 4.90 Å². The van der Waals surface area contributed by atoms with E-state index in [0.717, 1.165) is 19.4 Å². The van der Waals surface area contributed by atoms with E-state index < -0.39 is 6.10 Å². The minimum atomic E-state index is -0.617. The van der Waals surface area contributed by atoms with Crippen LogP contribution in [0.15, 0.2) is 18.2 Å². The van der Waals surface area contributed by atoms with E-state index >= 15 is 0 Å². The van der Waals surface area contributed by atoms with Crippen molar-refractivity contribution in [2.45, 2.75) is 25.0 Å². The van der Waals surface area contributed by atoms with Crippen LogP contribution in [0.2, 0.25) is 10.0 Å². The number of hydrogen-bond acceptors (Lipinski definition) is 4. The second-order valence-corrected chi connectivity index (χ2v) is 5.86. The predicted molar refractivity (Wildman–Crippen MR) is 79.6 cm³/mol. The van der Waals surface area contributed by atoms with Crippen molar-refractivity contribution in [3.63, 3.8) is 0 Å².